The number of thiophene rings is 1. The maximum Gasteiger partial charge on any atom is 0.161 e. The molecule has 9 aromatic carbocycles. The number of aromatic nitrogens is 2. The normalized spacial score (nSPS) is 12.8. The Kier molecular flexibility index (Phi) is 7.97. The van der Waals surface area contributed by atoms with E-state index in [-0.39, 0.29) is 0 Å². The van der Waals surface area contributed by atoms with Crippen LogP contribution in [0.5, 0.6) is 0 Å². The highest BCUT2D eigenvalue weighted by Crippen LogP contribution is 2.56. The molecule has 3 heteroatoms. The molecule has 1 aliphatic rings. The van der Waals surface area contributed by atoms with Gasteiger partial charge in [0.1, 0.15) is 0 Å². The topological polar surface area (TPSA) is 25.8 Å². The molecule has 0 radical (unpaired) electrons. The zero-order chi connectivity index (χ0) is 39.6. The van der Waals surface area contributed by atoms with E-state index in [4.69, 9.17) is 9.97 Å². The minimum absolute atomic E-state index is 0.514. The van der Waals surface area contributed by atoms with Crippen LogP contribution in [0, 0.1) is 0 Å². The third-order valence-electron chi connectivity index (χ3n) is 12.4. The number of nitrogens with zero attached hydrogens (tertiary/aromatic N) is 2. The summed E-state index contributed by atoms with van der Waals surface area (Å²) in [5, 5.41) is 4.88. The van der Waals surface area contributed by atoms with Crippen molar-refractivity contribution in [3.05, 3.63) is 241 Å². The molecule has 0 spiro atoms. The summed E-state index contributed by atoms with van der Waals surface area (Å²) in [4.78, 5) is 10.9. The Bertz CT molecular complexity index is 3390. The predicted octanol–water partition coefficient (Wildman–Crippen LogP) is 15.0. The van der Waals surface area contributed by atoms with Crippen LogP contribution in [0.3, 0.4) is 0 Å². The van der Waals surface area contributed by atoms with Gasteiger partial charge >= 0.3 is 0 Å². The first-order valence-electron chi connectivity index (χ1n) is 20.5. The Morgan fingerprint density at radius 2 is 0.917 bits per heavy atom. The van der Waals surface area contributed by atoms with Gasteiger partial charge in [0.25, 0.3) is 0 Å². The molecule has 60 heavy (non-hydrogen) atoms. The van der Waals surface area contributed by atoms with Crippen molar-refractivity contribution in [2.75, 3.05) is 0 Å². The fourth-order valence-electron chi connectivity index (χ4n) is 9.75. The van der Waals surface area contributed by atoms with Crippen LogP contribution in [0.2, 0.25) is 0 Å². The van der Waals surface area contributed by atoms with Crippen molar-refractivity contribution in [3.8, 4) is 56.2 Å². The van der Waals surface area contributed by atoms with E-state index in [0.717, 1.165) is 38.9 Å². The van der Waals surface area contributed by atoms with Gasteiger partial charge in [-0.15, -0.1) is 11.3 Å². The van der Waals surface area contributed by atoms with Crippen molar-refractivity contribution in [3.63, 3.8) is 0 Å². The van der Waals surface area contributed by atoms with Gasteiger partial charge in [-0.1, -0.05) is 188 Å². The lowest BCUT2D eigenvalue weighted by Crippen LogP contribution is -2.28. The van der Waals surface area contributed by atoms with Crippen molar-refractivity contribution in [2.45, 2.75) is 5.41 Å². The molecule has 2 aromatic heterocycles. The molecule has 2 nitrogen and oxygen atoms in total. The highest BCUT2D eigenvalue weighted by Gasteiger charge is 2.46. The zero-order valence-electron chi connectivity index (χ0n) is 32.6. The Hall–Kier alpha value is -7.46. The van der Waals surface area contributed by atoms with Crippen molar-refractivity contribution in [1.82, 2.24) is 9.97 Å². The Balaban J connectivity index is 1.09. The van der Waals surface area contributed by atoms with E-state index < -0.39 is 5.41 Å². The highest BCUT2D eigenvalue weighted by atomic mass is 32.1. The van der Waals surface area contributed by atoms with Gasteiger partial charge in [-0.05, 0) is 85.6 Å². The first-order chi connectivity index (χ1) is 29.7. The molecule has 2 heterocycles. The van der Waals surface area contributed by atoms with Crippen LogP contribution < -0.4 is 0 Å². The Morgan fingerprint density at radius 3 is 1.73 bits per heavy atom. The van der Waals surface area contributed by atoms with E-state index in [2.05, 4.69) is 218 Å². The molecular formula is C57H36N2S. The molecule has 0 N–H and O–H groups in total. The van der Waals surface area contributed by atoms with Crippen LogP contribution >= 0.6 is 11.3 Å². The molecule has 12 rings (SSSR count). The summed E-state index contributed by atoms with van der Waals surface area (Å²) in [6, 6.07) is 79.2. The molecule has 0 saturated carbocycles. The number of fused-ring (bicyclic) bond motifs is 7. The highest BCUT2D eigenvalue weighted by molar-refractivity contribution is 7.25. The van der Waals surface area contributed by atoms with Gasteiger partial charge in [0, 0.05) is 36.9 Å². The maximum absolute atomic E-state index is 5.46. The molecule has 280 valence electrons. The summed E-state index contributed by atoms with van der Waals surface area (Å²) in [6.07, 6.45) is 0. The van der Waals surface area contributed by atoms with E-state index in [0.29, 0.717) is 5.82 Å². The van der Waals surface area contributed by atoms with E-state index in [1.54, 1.807) is 0 Å². The first kappa shape index (κ1) is 34.6. The van der Waals surface area contributed by atoms with Crippen LogP contribution in [0.25, 0.3) is 87.1 Å². The average molecular weight is 781 g/mol. The third-order valence-corrected chi connectivity index (χ3v) is 13.5. The molecular weight excluding hydrogens is 745 g/mol. The van der Waals surface area contributed by atoms with Crippen LogP contribution in [0.1, 0.15) is 22.3 Å². The van der Waals surface area contributed by atoms with Gasteiger partial charge in [-0.2, -0.15) is 0 Å². The lowest BCUT2D eigenvalue weighted by Gasteiger charge is -2.34. The molecule has 0 aliphatic heterocycles. The molecule has 0 atom stereocenters. The number of hydrogen-bond acceptors (Lipinski definition) is 3. The van der Waals surface area contributed by atoms with Gasteiger partial charge in [-0.25, -0.2) is 9.97 Å². The largest absolute Gasteiger partial charge is 0.228 e. The number of hydrogen-bond donors (Lipinski definition) is 0. The molecule has 0 fully saturated rings. The third kappa shape index (κ3) is 5.33. The van der Waals surface area contributed by atoms with E-state index >= 15 is 0 Å². The standard InChI is InChI=1S/C57H36N2S/c1-3-20-41(21-4-1)57(42-22-5-2-6-23-42)49-29-11-9-25-45(49)46-33-32-40(35-50(46)57)52-36-51(58-56(59-52)47-28-14-17-37-16-7-8-24-43(37)47)39-19-13-18-38(34-39)44-27-15-31-54-55(44)48-26-10-12-30-53(48)60-54/h1-36H. The SMILES string of the molecule is c1ccc(C2(c3ccccc3)c3ccccc3-c3ccc(-c4cc(-c5cccc(-c6cccc7sc8ccccc8c67)c5)nc(-c5cccc6ccccc56)n4)cc32)cc1. The Labute approximate surface area is 352 Å². The van der Waals surface area contributed by atoms with Crippen molar-refractivity contribution in [2.24, 2.45) is 0 Å². The van der Waals surface area contributed by atoms with Crippen LogP contribution in [0.15, 0.2) is 218 Å². The summed E-state index contributed by atoms with van der Waals surface area (Å²) in [6.45, 7) is 0. The summed E-state index contributed by atoms with van der Waals surface area (Å²) in [5.74, 6) is 0.705. The number of benzene rings is 9. The smallest absolute Gasteiger partial charge is 0.161 e. The van der Waals surface area contributed by atoms with Gasteiger partial charge in [0.05, 0.1) is 16.8 Å². The van der Waals surface area contributed by atoms with Crippen molar-refractivity contribution in [1.29, 1.82) is 0 Å². The monoisotopic (exact) mass is 780 g/mol. The fraction of sp³-hybridized carbons (Fsp3) is 0.0175. The molecule has 0 unspecified atom stereocenters. The second-order valence-corrected chi connectivity index (χ2v) is 16.7. The quantitative estimate of drug-likeness (QED) is 0.168. The first-order valence-corrected chi connectivity index (χ1v) is 21.3. The summed E-state index contributed by atoms with van der Waals surface area (Å²) in [5.41, 5.74) is 14.3. The lowest BCUT2D eigenvalue weighted by atomic mass is 9.67. The van der Waals surface area contributed by atoms with Gasteiger partial charge in [0.2, 0.25) is 0 Å². The average Bonchev–Trinajstić information content (AvgIpc) is 3.86. The maximum atomic E-state index is 5.46. The van der Waals surface area contributed by atoms with Crippen LogP contribution in [-0.2, 0) is 5.41 Å². The second kappa shape index (κ2) is 13.8. The Morgan fingerprint density at radius 1 is 0.350 bits per heavy atom. The minimum Gasteiger partial charge on any atom is -0.228 e. The molecule has 0 amide bonds. The summed E-state index contributed by atoms with van der Waals surface area (Å²) >= 11 is 1.85. The van der Waals surface area contributed by atoms with Crippen LogP contribution in [-0.4, -0.2) is 9.97 Å². The van der Waals surface area contributed by atoms with Crippen molar-refractivity contribution >= 4 is 42.3 Å². The van der Waals surface area contributed by atoms with Gasteiger partial charge in [0.15, 0.2) is 5.82 Å². The second-order valence-electron chi connectivity index (χ2n) is 15.6. The zero-order valence-corrected chi connectivity index (χ0v) is 33.4. The lowest BCUT2D eigenvalue weighted by molar-refractivity contribution is 0.768. The van der Waals surface area contributed by atoms with Gasteiger partial charge < -0.3 is 0 Å². The molecule has 0 bridgehead atoms. The van der Waals surface area contributed by atoms with E-state index in [1.165, 1.54) is 64.7 Å². The number of rotatable bonds is 6. The molecule has 11 aromatic rings. The summed E-state index contributed by atoms with van der Waals surface area (Å²) < 4.78 is 2.60. The van der Waals surface area contributed by atoms with Gasteiger partial charge in [-0.3, -0.25) is 0 Å². The van der Waals surface area contributed by atoms with E-state index in [9.17, 15) is 0 Å². The van der Waals surface area contributed by atoms with E-state index in [1.807, 2.05) is 11.3 Å². The molecule has 0 saturated heterocycles. The predicted molar refractivity (Wildman–Crippen MR) is 251 cm³/mol. The fourth-order valence-corrected chi connectivity index (χ4v) is 10.9. The van der Waals surface area contributed by atoms with Crippen molar-refractivity contribution < 1.29 is 0 Å². The minimum atomic E-state index is -0.514. The molecule has 1 aliphatic carbocycles. The van der Waals surface area contributed by atoms with Crippen LogP contribution in [0.4, 0.5) is 0 Å². The summed E-state index contributed by atoms with van der Waals surface area (Å²) in [7, 11) is 0.